The fourth-order valence-corrected chi connectivity index (χ4v) is 4.22. The van der Waals surface area contributed by atoms with E-state index in [0.717, 1.165) is 14.0 Å². The predicted molar refractivity (Wildman–Crippen MR) is 101 cm³/mol. The van der Waals surface area contributed by atoms with Crippen molar-refractivity contribution in [2.24, 2.45) is 4.99 Å². The number of aliphatic carboxylic acids is 1. The van der Waals surface area contributed by atoms with Crippen molar-refractivity contribution in [1.82, 2.24) is 0 Å². The van der Waals surface area contributed by atoms with Gasteiger partial charge in [0.05, 0.1) is 12.6 Å². The van der Waals surface area contributed by atoms with Gasteiger partial charge in [0.15, 0.2) is 18.7 Å². The second-order valence-electron chi connectivity index (χ2n) is 7.42. The van der Waals surface area contributed by atoms with E-state index in [9.17, 15) is 51.7 Å². The Kier molecular flexibility index (Phi) is 19.2. The Balaban J connectivity index is 0. The molecule has 0 bridgehead atoms. The van der Waals surface area contributed by atoms with Crippen molar-refractivity contribution in [3.8, 4) is 0 Å². The molecule has 24 heteroatoms. The van der Waals surface area contributed by atoms with Gasteiger partial charge in [-0.15, -0.1) is 0 Å². The van der Waals surface area contributed by atoms with E-state index in [4.69, 9.17) is 23.5 Å². The normalized spacial score (nSPS) is 35.6. The molecule has 2 aliphatic heterocycles. The second-order valence-corrected chi connectivity index (χ2v) is 9.52. The largest absolute Gasteiger partial charge is 1.00 e. The Morgan fingerprint density at radius 2 is 1.51 bits per heavy atom. The van der Waals surface area contributed by atoms with Crippen LogP contribution in [0, 0.1) is 0 Å². The first-order valence-corrected chi connectivity index (χ1v) is 12.4. The molecule has 0 aromatic rings. The number of aliphatic imine (C=N–C) groups is 1. The summed E-state index contributed by atoms with van der Waals surface area (Å²) >= 11 is 0. The van der Waals surface area contributed by atoms with Crippen molar-refractivity contribution in [2.75, 3.05) is 13.7 Å². The van der Waals surface area contributed by atoms with Crippen LogP contribution in [0.4, 0.5) is 0 Å². The minimum absolute atomic E-state index is 0. The average molecular weight is 637 g/mol. The van der Waals surface area contributed by atoms with E-state index >= 15 is 0 Å². The zero-order valence-electron chi connectivity index (χ0n) is 21.2. The number of rotatable bonds is 10. The Hall–Kier alpha value is 1.40. The number of methoxy groups -OCH3 is 1. The molecule has 2 fully saturated rings. The van der Waals surface area contributed by atoms with Crippen molar-refractivity contribution in [3.05, 3.63) is 0 Å². The van der Waals surface area contributed by atoms with Crippen molar-refractivity contribution >= 4 is 32.7 Å². The first kappa shape index (κ1) is 42.5. The van der Waals surface area contributed by atoms with Gasteiger partial charge in [-0.2, -0.15) is 8.42 Å². The molecule has 0 saturated carbocycles. The van der Waals surface area contributed by atoms with Gasteiger partial charge in [-0.25, -0.2) is 12.6 Å². The maximum Gasteiger partial charge on any atom is 1.00 e. The molecule has 0 unspecified atom stereocenters. The van der Waals surface area contributed by atoms with Crippen LogP contribution in [0.15, 0.2) is 4.99 Å². The number of carboxylic acid groups (broad SMARTS) is 1. The van der Waals surface area contributed by atoms with Gasteiger partial charge in [0, 0.05) is 7.11 Å². The Labute approximate surface area is 288 Å². The second kappa shape index (κ2) is 17.6. The van der Waals surface area contributed by atoms with Crippen LogP contribution < -0.4 is 98.9 Å². The molecule has 2 aliphatic rings. The summed E-state index contributed by atoms with van der Waals surface area (Å²) in [5.74, 6) is -2.98. The molecule has 2 rings (SSSR count). The van der Waals surface area contributed by atoms with Crippen molar-refractivity contribution in [3.63, 3.8) is 0 Å². The summed E-state index contributed by atoms with van der Waals surface area (Å²) in [6.45, 7) is -0.151. The number of carbonyl (C=O) groups excluding carboxylic acids is 1. The molecule has 0 aromatic heterocycles. The minimum atomic E-state index is -5.39. The molecule has 2 heterocycles. The first-order chi connectivity index (χ1) is 16.4. The van der Waals surface area contributed by atoms with Crippen LogP contribution in [0.2, 0.25) is 0 Å². The van der Waals surface area contributed by atoms with Crippen LogP contribution in [0.1, 0.15) is 6.92 Å². The molecule has 2 saturated heterocycles. The molecular weight excluding hydrogens is 615 g/mol. The predicted octanol–water partition coefficient (Wildman–Crippen LogP) is -15.9. The Morgan fingerprint density at radius 3 is 1.95 bits per heavy atom. The summed E-state index contributed by atoms with van der Waals surface area (Å²) in [7, 11) is -9.65. The quantitative estimate of drug-likeness (QED) is 0.0568. The van der Waals surface area contributed by atoms with Gasteiger partial charge in [0.1, 0.15) is 42.7 Å². The number of hydrogen-bond donors (Lipinski definition) is 4. The zero-order valence-corrected chi connectivity index (χ0v) is 28.9. The average Bonchev–Trinajstić information content (AvgIpc) is 2.72. The SMILES string of the molecule is CO[C@@H]1O[C@H](COS(=O)(=O)[O-])[C@H](O)[C@H](O[C@@H]2O[C@H](C(=O)[O-])[C@@H](O)[C@H](O)[C@H]2OS(=O)(=O)O)[C@H]1N=C(C)[O-].[Na+].[Na+].[Na+]. The van der Waals surface area contributed by atoms with E-state index < -0.39 is 101 Å². The van der Waals surface area contributed by atoms with Gasteiger partial charge in [-0.3, -0.25) is 13.7 Å². The summed E-state index contributed by atoms with van der Waals surface area (Å²) in [5.41, 5.74) is 0. The van der Waals surface area contributed by atoms with E-state index in [1.165, 1.54) is 0 Å². The third-order valence-corrected chi connectivity index (χ3v) is 5.77. The number of carbonyl (C=O) groups is 1. The van der Waals surface area contributed by atoms with Gasteiger partial charge in [0.25, 0.3) is 0 Å². The topological polar surface area (TPSA) is 303 Å². The molecule has 0 amide bonds. The van der Waals surface area contributed by atoms with Gasteiger partial charge in [-0.05, 0) is 12.8 Å². The van der Waals surface area contributed by atoms with Crippen LogP contribution >= 0.6 is 0 Å². The van der Waals surface area contributed by atoms with E-state index in [1.807, 2.05) is 0 Å². The molecule has 10 atom stereocenters. The Bertz CT molecular complexity index is 1030. The van der Waals surface area contributed by atoms with E-state index in [1.54, 1.807) is 0 Å². The molecular formula is C15H22NNa3O18S2. The smallest absolute Gasteiger partial charge is 0.862 e. The summed E-state index contributed by atoms with van der Waals surface area (Å²) in [4.78, 5) is 14.9. The molecule has 4 N–H and O–H groups in total. The van der Waals surface area contributed by atoms with Crippen LogP contribution in [0.3, 0.4) is 0 Å². The molecule has 0 spiro atoms. The first-order valence-electron chi connectivity index (χ1n) is 9.66. The molecule has 39 heavy (non-hydrogen) atoms. The summed E-state index contributed by atoms with van der Waals surface area (Å²) in [5, 5.41) is 53.8. The fraction of sp³-hybridized carbons (Fsp3) is 0.867. The van der Waals surface area contributed by atoms with Crippen molar-refractivity contribution < 1.29 is 172 Å². The Morgan fingerprint density at radius 1 is 0.949 bits per heavy atom. The molecule has 0 aromatic carbocycles. The number of hydrogen-bond acceptors (Lipinski definition) is 18. The summed E-state index contributed by atoms with van der Waals surface area (Å²) in [6, 6.07) is -1.64. The maximum atomic E-state index is 11.7. The molecule has 0 radical (unpaired) electrons. The van der Waals surface area contributed by atoms with E-state index in [2.05, 4.69) is 13.4 Å². The monoisotopic (exact) mass is 637 g/mol. The summed E-state index contributed by atoms with van der Waals surface area (Å²) in [6.07, 6.45) is -19.1. The van der Waals surface area contributed by atoms with Crippen LogP contribution in [-0.4, -0.2) is 128 Å². The summed E-state index contributed by atoms with van der Waals surface area (Å²) < 4.78 is 92.8. The molecule has 0 aliphatic carbocycles. The maximum absolute atomic E-state index is 11.7. The van der Waals surface area contributed by atoms with Crippen molar-refractivity contribution in [2.45, 2.75) is 68.3 Å². The third kappa shape index (κ3) is 12.5. The number of aliphatic hydroxyl groups excluding tert-OH is 3. The van der Waals surface area contributed by atoms with Crippen molar-refractivity contribution in [1.29, 1.82) is 0 Å². The zero-order chi connectivity index (χ0) is 27.6. The van der Waals surface area contributed by atoms with Crippen LogP contribution in [0.5, 0.6) is 0 Å². The van der Waals surface area contributed by atoms with Gasteiger partial charge in [0.2, 0.25) is 10.4 Å². The van der Waals surface area contributed by atoms with Gasteiger partial charge < -0.3 is 53.8 Å². The third-order valence-electron chi connectivity index (χ3n) is 4.88. The number of ether oxygens (including phenoxy) is 4. The minimum Gasteiger partial charge on any atom is -0.862 e. The van der Waals surface area contributed by atoms with Crippen LogP contribution in [-0.2, 0) is 52.9 Å². The van der Waals surface area contributed by atoms with E-state index in [0.29, 0.717) is 0 Å². The number of carboxylic acids is 1. The van der Waals surface area contributed by atoms with E-state index in [-0.39, 0.29) is 88.7 Å². The number of nitrogens with zero attached hydrogens (tertiary/aromatic N) is 1. The number of aliphatic hydroxyl groups is 3. The van der Waals surface area contributed by atoms with Gasteiger partial charge in [-0.1, -0.05) is 0 Å². The van der Waals surface area contributed by atoms with Crippen LogP contribution in [0.25, 0.3) is 0 Å². The molecule has 19 nitrogen and oxygen atoms in total. The van der Waals surface area contributed by atoms with Gasteiger partial charge >= 0.3 is 99.1 Å². The standard InChI is InChI=1S/C15H25NO18S2.3Na/c1-4(17)16-6-10(7(18)5(31-14(6)29-2)3-30-35(23,24)25)32-15-12(34-36(26,27)28)9(20)8(19)11(33-15)13(21)22;;;/h5-12,14-15,18-20H,3H2,1-2H3,(H,16,17)(H,21,22)(H,23,24,25)(H,26,27,28);;;/q;3*+1/p-3/t5-,6-,7+,8+,9+,10-,11+,12-,14-,15-;;;/m1.../s1. The molecule has 210 valence electrons. The fourth-order valence-electron chi connectivity index (χ4n) is 3.43.